The predicted octanol–water partition coefficient (Wildman–Crippen LogP) is 1.16. The summed E-state index contributed by atoms with van der Waals surface area (Å²) in [6, 6.07) is 0. The Bertz CT molecular complexity index is 844. The number of Topliss-reactive ketones (excluding diaryl/α,β-unsaturated/α-hetero) is 1. The molecule has 5 rings (SSSR count). The molecular formula is C24H34O8. The lowest BCUT2D eigenvalue weighted by Crippen LogP contribution is -2.83. The Morgan fingerprint density at radius 2 is 1.84 bits per heavy atom. The molecule has 0 aromatic carbocycles. The Labute approximate surface area is 188 Å². The molecule has 0 amide bonds. The minimum Gasteiger partial charge on any atom is -0.454 e. The lowest BCUT2D eigenvalue weighted by atomic mass is 9.32. The van der Waals surface area contributed by atoms with Gasteiger partial charge in [0, 0.05) is 62.8 Å². The van der Waals surface area contributed by atoms with E-state index in [-0.39, 0.29) is 35.7 Å². The molecule has 8 nitrogen and oxygen atoms in total. The summed E-state index contributed by atoms with van der Waals surface area (Å²) < 4.78 is 23.2. The highest BCUT2D eigenvalue weighted by Crippen LogP contribution is 2.78. The van der Waals surface area contributed by atoms with Crippen molar-refractivity contribution in [2.24, 2.45) is 40.4 Å². The van der Waals surface area contributed by atoms with Crippen molar-refractivity contribution in [1.29, 1.82) is 0 Å². The number of rotatable bonds is 5. The van der Waals surface area contributed by atoms with Gasteiger partial charge in [0.1, 0.15) is 11.9 Å². The third-order valence-corrected chi connectivity index (χ3v) is 9.99. The summed E-state index contributed by atoms with van der Waals surface area (Å²) in [5.74, 6) is -1.91. The molecule has 0 radical (unpaired) electrons. The fraction of sp³-hybridized carbons (Fsp3) is 0.875. The Hall–Kier alpha value is -1.35. The number of ketones is 1. The third-order valence-electron chi connectivity index (χ3n) is 9.99. The van der Waals surface area contributed by atoms with E-state index in [1.807, 2.05) is 0 Å². The molecular weight excluding hydrogens is 416 g/mol. The van der Waals surface area contributed by atoms with Gasteiger partial charge in [0.05, 0.1) is 18.3 Å². The van der Waals surface area contributed by atoms with Gasteiger partial charge >= 0.3 is 5.97 Å². The highest BCUT2D eigenvalue weighted by Gasteiger charge is 2.86. The van der Waals surface area contributed by atoms with Crippen molar-refractivity contribution in [3.8, 4) is 0 Å². The summed E-state index contributed by atoms with van der Waals surface area (Å²) >= 11 is 0. The molecule has 0 heterocycles. The maximum Gasteiger partial charge on any atom is 0.303 e. The van der Waals surface area contributed by atoms with Crippen molar-refractivity contribution in [3.63, 3.8) is 0 Å². The molecule has 2 bridgehead atoms. The van der Waals surface area contributed by atoms with Gasteiger partial charge in [-0.1, -0.05) is 6.92 Å². The monoisotopic (exact) mass is 450 g/mol. The molecule has 0 saturated heterocycles. The Kier molecular flexibility index (Phi) is 4.96. The molecule has 5 aliphatic carbocycles. The number of methoxy groups -OCH3 is 3. The van der Waals surface area contributed by atoms with Gasteiger partial charge in [-0.05, 0) is 31.6 Å². The molecule has 0 aliphatic heterocycles. The topological polar surface area (TPSA) is 108 Å². The molecule has 0 aromatic rings. The lowest BCUT2D eigenvalue weighted by molar-refractivity contribution is -0.328. The van der Waals surface area contributed by atoms with Crippen LogP contribution < -0.4 is 0 Å². The van der Waals surface area contributed by atoms with Crippen LogP contribution in [0.25, 0.3) is 0 Å². The summed E-state index contributed by atoms with van der Waals surface area (Å²) in [6.07, 6.45) is 0.914. The molecule has 1 N–H and O–H groups in total. The van der Waals surface area contributed by atoms with E-state index in [9.17, 15) is 19.5 Å². The zero-order valence-corrected chi connectivity index (χ0v) is 19.4. The number of esters is 1. The van der Waals surface area contributed by atoms with E-state index in [1.165, 1.54) is 6.92 Å². The van der Waals surface area contributed by atoms with Gasteiger partial charge in [0.2, 0.25) is 0 Å². The second-order valence-electron chi connectivity index (χ2n) is 10.9. The fourth-order valence-electron chi connectivity index (χ4n) is 9.15. The molecule has 12 atom stereocenters. The quantitative estimate of drug-likeness (QED) is 0.491. The fourth-order valence-corrected chi connectivity index (χ4v) is 9.15. The summed E-state index contributed by atoms with van der Waals surface area (Å²) in [5.41, 5.74) is -3.42. The van der Waals surface area contributed by atoms with Crippen LogP contribution >= 0.6 is 0 Å². The molecule has 5 fully saturated rings. The standard InChI is InChI=1S/C24H34O8/c1-11(26)32-18-20-22(2,10-25)7-6-15(30-4)24(20,28)19-13-8-12-14(29-3)9-23(19,21(18)27)16(13)17(12)31-5/h10,12-20,28H,6-9H2,1-5H3/t12-,13-,14-,15+,16-,17+,18+,19-,20-,22+,23+,24-/m1/s1. The van der Waals surface area contributed by atoms with Gasteiger partial charge in [-0.3, -0.25) is 9.59 Å². The first-order valence-corrected chi connectivity index (χ1v) is 11.6. The van der Waals surface area contributed by atoms with Gasteiger partial charge in [0.15, 0.2) is 11.9 Å². The number of aldehydes is 1. The first kappa shape index (κ1) is 22.4. The van der Waals surface area contributed by atoms with Crippen molar-refractivity contribution < 1.29 is 38.4 Å². The molecule has 0 aromatic heterocycles. The Balaban J connectivity index is 1.73. The minimum absolute atomic E-state index is 0.0616. The summed E-state index contributed by atoms with van der Waals surface area (Å²) in [4.78, 5) is 38.8. The lowest BCUT2D eigenvalue weighted by Gasteiger charge is -2.73. The molecule has 0 unspecified atom stereocenters. The van der Waals surface area contributed by atoms with Crippen molar-refractivity contribution >= 4 is 18.0 Å². The average molecular weight is 451 g/mol. The molecule has 32 heavy (non-hydrogen) atoms. The second kappa shape index (κ2) is 7.08. The molecule has 5 aliphatic rings. The summed E-state index contributed by atoms with van der Waals surface area (Å²) in [6.45, 7) is 3.03. The molecule has 1 spiro atoms. The van der Waals surface area contributed by atoms with Crippen LogP contribution in [-0.4, -0.2) is 74.5 Å². The third kappa shape index (κ3) is 2.34. The number of hydrogen-bond donors (Lipinski definition) is 1. The van der Waals surface area contributed by atoms with Crippen molar-refractivity contribution in [2.45, 2.75) is 69.5 Å². The second-order valence-corrected chi connectivity index (χ2v) is 10.9. The maximum atomic E-state index is 14.3. The van der Waals surface area contributed by atoms with Crippen molar-refractivity contribution in [2.75, 3.05) is 21.3 Å². The summed E-state index contributed by atoms with van der Waals surface area (Å²) in [7, 11) is 4.87. The number of hydrogen-bond acceptors (Lipinski definition) is 8. The van der Waals surface area contributed by atoms with Crippen molar-refractivity contribution in [1.82, 2.24) is 0 Å². The van der Waals surface area contributed by atoms with Gasteiger partial charge < -0.3 is 28.8 Å². The largest absolute Gasteiger partial charge is 0.454 e. The van der Waals surface area contributed by atoms with Gasteiger partial charge in [0.25, 0.3) is 0 Å². The number of carbonyl (C=O) groups is 3. The normalized spacial score (nSPS) is 55.4. The smallest absolute Gasteiger partial charge is 0.303 e. The van der Waals surface area contributed by atoms with E-state index in [4.69, 9.17) is 18.9 Å². The van der Waals surface area contributed by atoms with Crippen LogP contribution in [0.15, 0.2) is 0 Å². The molecule has 5 saturated carbocycles. The Morgan fingerprint density at radius 1 is 1.12 bits per heavy atom. The van der Waals surface area contributed by atoms with E-state index in [2.05, 4.69) is 0 Å². The predicted molar refractivity (Wildman–Crippen MR) is 110 cm³/mol. The van der Waals surface area contributed by atoms with Crippen LogP contribution in [0.5, 0.6) is 0 Å². The minimum atomic E-state index is -1.48. The number of ether oxygens (including phenoxy) is 4. The van der Waals surface area contributed by atoms with Gasteiger partial charge in [-0.2, -0.15) is 0 Å². The van der Waals surface area contributed by atoms with E-state index in [0.717, 1.165) is 12.7 Å². The highest BCUT2D eigenvalue weighted by molar-refractivity contribution is 5.95. The summed E-state index contributed by atoms with van der Waals surface area (Å²) in [5, 5.41) is 12.6. The SMILES string of the molecule is CO[C@H]1[C@@H]2C[C@@H]3[C@H]1[C@]1(C[C@H]2OC)C(=O)[C@@H](OC(C)=O)[C@H]2[C@@](O)([C@@H](OC)CC[C@@]2(C)C=O)[C@H]31. The molecule has 8 heteroatoms. The van der Waals surface area contributed by atoms with Crippen LogP contribution in [0, 0.1) is 40.4 Å². The zero-order valence-electron chi connectivity index (χ0n) is 19.4. The van der Waals surface area contributed by atoms with Crippen molar-refractivity contribution in [3.05, 3.63) is 0 Å². The van der Waals surface area contributed by atoms with Crippen LogP contribution in [-0.2, 0) is 33.3 Å². The number of aliphatic hydroxyl groups is 1. The Morgan fingerprint density at radius 3 is 2.41 bits per heavy atom. The highest BCUT2D eigenvalue weighted by atomic mass is 16.6. The van der Waals surface area contributed by atoms with Crippen LogP contribution in [0.3, 0.4) is 0 Å². The van der Waals surface area contributed by atoms with E-state index in [1.54, 1.807) is 28.3 Å². The van der Waals surface area contributed by atoms with E-state index < -0.39 is 46.4 Å². The number of carbonyl (C=O) groups excluding carboxylic acids is 3. The maximum absolute atomic E-state index is 14.3. The van der Waals surface area contributed by atoms with Gasteiger partial charge in [-0.25, -0.2) is 0 Å². The number of fused-ring (bicyclic) bond motifs is 4. The van der Waals surface area contributed by atoms with Crippen LogP contribution in [0.1, 0.15) is 39.5 Å². The van der Waals surface area contributed by atoms with E-state index in [0.29, 0.717) is 19.3 Å². The first-order chi connectivity index (χ1) is 15.1. The average Bonchev–Trinajstić information content (AvgIpc) is 2.89. The molecule has 178 valence electrons. The zero-order chi connectivity index (χ0) is 23.2. The van der Waals surface area contributed by atoms with Crippen LogP contribution in [0.4, 0.5) is 0 Å². The van der Waals surface area contributed by atoms with Crippen LogP contribution in [0.2, 0.25) is 0 Å². The van der Waals surface area contributed by atoms with E-state index >= 15 is 0 Å². The first-order valence-electron chi connectivity index (χ1n) is 11.6. The van der Waals surface area contributed by atoms with Gasteiger partial charge in [-0.15, -0.1) is 0 Å².